The van der Waals surface area contributed by atoms with Gasteiger partial charge in [0.25, 0.3) is 5.91 Å². The molecule has 0 aromatic carbocycles. The highest BCUT2D eigenvalue weighted by Crippen LogP contribution is 2.12. The molecule has 0 aliphatic carbocycles. The summed E-state index contributed by atoms with van der Waals surface area (Å²) in [5, 5.41) is 9.55. The molecule has 0 spiro atoms. The van der Waals surface area contributed by atoms with E-state index in [1.165, 1.54) is 0 Å². The molecule has 0 bridgehead atoms. The maximum Gasteiger partial charge on any atom is 0.278 e. The Morgan fingerprint density at radius 3 is 2.67 bits per heavy atom. The van der Waals surface area contributed by atoms with Gasteiger partial charge in [-0.25, -0.2) is 0 Å². The van der Waals surface area contributed by atoms with Gasteiger partial charge in [0.15, 0.2) is 11.5 Å². The predicted octanol–water partition coefficient (Wildman–Crippen LogP) is -0.767. The van der Waals surface area contributed by atoms with Crippen LogP contribution in [-0.4, -0.2) is 39.3 Å². The van der Waals surface area contributed by atoms with Gasteiger partial charge in [-0.1, -0.05) is 0 Å². The second-order valence-corrected chi connectivity index (χ2v) is 2.70. The Hall–Kier alpha value is -1.59. The van der Waals surface area contributed by atoms with Crippen molar-refractivity contribution < 1.29 is 4.79 Å². The molecule has 1 aromatic rings. The van der Waals surface area contributed by atoms with Crippen LogP contribution >= 0.6 is 0 Å². The first-order chi connectivity index (χ1) is 5.79. The monoisotopic (exact) mass is 167 g/mol. The Morgan fingerprint density at radius 1 is 1.50 bits per heavy atom. The van der Waals surface area contributed by atoms with E-state index in [9.17, 15) is 4.79 Å². The number of rotatable bonds is 1. The van der Waals surface area contributed by atoms with Crippen LogP contribution in [0, 0.1) is 0 Å². The number of likely N-dealkylation sites (tertiary alicyclic amines) is 1. The highest BCUT2D eigenvalue weighted by Gasteiger charge is 2.25. The molecular weight excluding hydrogens is 158 g/mol. The number of H-pyrrole nitrogens is 1. The fraction of sp³-hybridized carbons (Fsp3) is 0.500. The van der Waals surface area contributed by atoms with E-state index in [0.717, 1.165) is 19.5 Å². The molecule has 0 unspecified atom stereocenters. The lowest BCUT2D eigenvalue weighted by Gasteiger charge is -2.29. The first-order valence-electron chi connectivity index (χ1n) is 3.74. The van der Waals surface area contributed by atoms with Crippen molar-refractivity contribution in [3.63, 3.8) is 0 Å². The summed E-state index contributed by atoms with van der Waals surface area (Å²) in [6.07, 6.45) is 1.06. The van der Waals surface area contributed by atoms with Crippen LogP contribution in [0.3, 0.4) is 0 Å². The second kappa shape index (κ2) is 2.47. The van der Waals surface area contributed by atoms with Crippen molar-refractivity contribution in [3.05, 3.63) is 5.69 Å². The van der Waals surface area contributed by atoms with E-state index < -0.39 is 0 Å². The number of carbonyl (C=O) groups excluding carboxylic acids is 1. The summed E-state index contributed by atoms with van der Waals surface area (Å²) in [4.78, 5) is 13.1. The van der Waals surface area contributed by atoms with Crippen LogP contribution < -0.4 is 5.73 Å². The third-order valence-electron chi connectivity index (χ3n) is 1.92. The number of carbonyl (C=O) groups is 1. The van der Waals surface area contributed by atoms with Gasteiger partial charge in [-0.3, -0.25) is 4.79 Å². The Kier molecular flexibility index (Phi) is 1.46. The summed E-state index contributed by atoms with van der Waals surface area (Å²) in [6.45, 7) is 1.59. The van der Waals surface area contributed by atoms with Crippen LogP contribution in [0.4, 0.5) is 5.82 Å². The lowest BCUT2D eigenvalue weighted by atomic mass is 10.2. The normalized spacial score (nSPS) is 15.8. The molecule has 1 aromatic heterocycles. The predicted molar refractivity (Wildman–Crippen MR) is 41.3 cm³/mol. The molecule has 6 nitrogen and oxygen atoms in total. The molecule has 64 valence electrons. The Labute approximate surface area is 68.7 Å². The summed E-state index contributed by atoms with van der Waals surface area (Å²) in [6, 6.07) is 0. The van der Waals surface area contributed by atoms with Gasteiger partial charge in [0.2, 0.25) is 0 Å². The van der Waals surface area contributed by atoms with Crippen molar-refractivity contribution in [2.75, 3.05) is 18.8 Å². The molecule has 2 heterocycles. The Morgan fingerprint density at radius 2 is 2.25 bits per heavy atom. The zero-order chi connectivity index (χ0) is 8.55. The molecule has 1 saturated heterocycles. The van der Waals surface area contributed by atoms with Crippen LogP contribution in [-0.2, 0) is 0 Å². The molecular formula is C6H9N5O. The van der Waals surface area contributed by atoms with Crippen LogP contribution in [0.15, 0.2) is 0 Å². The van der Waals surface area contributed by atoms with Crippen LogP contribution in [0.2, 0.25) is 0 Å². The van der Waals surface area contributed by atoms with Crippen molar-refractivity contribution in [2.45, 2.75) is 6.42 Å². The average molecular weight is 167 g/mol. The van der Waals surface area contributed by atoms with Gasteiger partial charge in [0, 0.05) is 13.1 Å². The van der Waals surface area contributed by atoms with E-state index in [1.807, 2.05) is 0 Å². The SMILES string of the molecule is Nc1n[nH]nc1C(=O)N1CCC1. The summed E-state index contributed by atoms with van der Waals surface area (Å²) in [5.74, 6) is 0.0411. The van der Waals surface area contributed by atoms with Gasteiger partial charge >= 0.3 is 0 Å². The van der Waals surface area contributed by atoms with Gasteiger partial charge in [-0.05, 0) is 6.42 Å². The van der Waals surface area contributed by atoms with Gasteiger partial charge in [-0.15, -0.1) is 10.2 Å². The number of nitrogens with two attached hydrogens (primary N) is 1. The standard InChI is InChI=1S/C6H9N5O/c7-5-4(8-10-9-5)6(12)11-2-1-3-11/h1-3H2,(H3,7,8,9,10). The van der Waals surface area contributed by atoms with Crippen molar-refractivity contribution in [3.8, 4) is 0 Å². The van der Waals surface area contributed by atoms with Gasteiger partial charge in [0.05, 0.1) is 0 Å². The van der Waals surface area contributed by atoms with E-state index >= 15 is 0 Å². The number of nitrogens with one attached hydrogen (secondary N) is 1. The number of anilines is 1. The topological polar surface area (TPSA) is 87.9 Å². The summed E-state index contributed by atoms with van der Waals surface area (Å²) < 4.78 is 0. The Bertz CT molecular complexity index is 303. The number of hydrogen-bond donors (Lipinski definition) is 2. The van der Waals surface area contributed by atoms with E-state index in [1.54, 1.807) is 4.90 Å². The molecule has 1 fully saturated rings. The minimum Gasteiger partial charge on any atom is -0.380 e. The van der Waals surface area contributed by atoms with Crippen LogP contribution in [0.1, 0.15) is 16.9 Å². The average Bonchev–Trinajstić information content (AvgIpc) is 2.31. The van der Waals surface area contributed by atoms with Crippen molar-refractivity contribution in [1.29, 1.82) is 0 Å². The summed E-state index contributed by atoms with van der Waals surface area (Å²) in [7, 11) is 0. The fourth-order valence-electron chi connectivity index (χ4n) is 1.07. The van der Waals surface area contributed by atoms with E-state index in [-0.39, 0.29) is 17.4 Å². The molecule has 1 amide bonds. The fourth-order valence-corrected chi connectivity index (χ4v) is 1.07. The molecule has 6 heteroatoms. The molecule has 0 saturated carbocycles. The number of aromatic amines is 1. The number of amides is 1. The van der Waals surface area contributed by atoms with Crippen molar-refractivity contribution in [2.24, 2.45) is 0 Å². The van der Waals surface area contributed by atoms with Crippen molar-refractivity contribution >= 4 is 11.7 Å². The maximum absolute atomic E-state index is 11.4. The van der Waals surface area contributed by atoms with Gasteiger partial charge in [-0.2, -0.15) is 5.21 Å². The van der Waals surface area contributed by atoms with Crippen LogP contribution in [0.25, 0.3) is 0 Å². The molecule has 0 radical (unpaired) electrons. The lowest BCUT2D eigenvalue weighted by Crippen LogP contribution is -2.42. The quantitative estimate of drug-likeness (QED) is 0.575. The molecule has 0 atom stereocenters. The zero-order valence-corrected chi connectivity index (χ0v) is 6.45. The molecule has 1 aliphatic rings. The third-order valence-corrected chi connectivity index (χ3v) is 1.92. The van der Waals surface area contributed by atoms with Gasteiger partial charge < -0.3 is 10.6 Å². The smallest absolute Gasteiger partial charge is 0.278 e. The van der Waals surface area contributed by atoms with Crippen molar-refractivity contribution in [1.82, 2.24) is 20.3 Å². The largest absolute Gasteiger partial charge is 0.380 e. The maximum atomic E-state index is 11.4. The minimum absolute atomic E-state index is 0.132. The molecule has 2 rings (SSSR count). The highest BCUT2D eigenvalue weighted by molar-refractivity contribution is 5.96. The number of nitrogen functional groups attached to an aromatic ring is 1. The van der Waals surface area contributed by atoms with Gasteiger partial charge in [0.1, 0.15) is 0 Å². The molecule has 1 aliphatic heterocycles. The number of aromatic nitrogens is 3. The first kappa shape index (κ1) is 7.08. The molecule has 3 N–H and O–H groups in total. The van der Waals surface area contributed by atoms with Crippen LogP contribution in [0.5, 0.6) is 0 Å². The van der Waals surface area contributed by atoms with E-state index in [2.05, 4.69) is 15.4 Å². The summed E-state index contributed by atoms with van der Waals surface area (Å²) >= 11 is 0. The highest BCUT2D eigenvalue weighted by atomic mass is 16.2. The zero-order valence-electron chi connectivity index (χ0n) is 6.45. The van der Waals surface area contributed by atoms with E-state index in [0.29, 0.717) is 0 Å². The minimum atomic E-state index is -0.132. The van der Waals surface area contributed by atoms with E-state index in [4.69, 9.17) is 5.73 Å². The first-order valence-corrected chi connectivity index (χ1v) is 3.74. The summed E-state index contributed by atoms with van der Waals surface area (Å²) in [5.41, 5.74) is 5.64. The lowest BCUT2D eigenvalue weighted by molar-refractivity contribution is 0.0646. The molecule has 12 heavy (non-hydrogen) atoms. The number of hydrogen-bond acceptors (Lipinski definition) is 4. The third kappa shape index (κ3) is 0.919. The Balaban J connectivity index is 2.19. The second-order valence-electron chi connectivity index (χ2n) is 2.70. The number of nitrogens with zero attached hydrogens (tertiary/aromatic N) is 3.